The number of rotatable bonds is 7. The Morgan fingerprint density at radius 2 is 1.96 bits per heavy atom. The Labute approximate surface area is 151 Å². The summed E-state index contributed by atoms with van der Waals surface area (Å²) < 4.78 is 2.10. The molecular weight excluding hydrogens is 351 g/mol. The number of aromatic nitrogens is 2. The molecule has 0 aliphatic heterocycles. The van der Waals surface area contributed by atoms with Crippen LogP contribution in [0, 0.1) is 0 Å². The van der Waals surface area contributed by atoms with E-state index in [1.165, 1.54) is 0 Å². The maximum atomic E-state index is 9.29. The lowest BCUT2D eigenvalue weighted by molar-refractivity contribution is 0.294. The molecule has 0 amide bonds. The van der Waals surface area contributed by atoms with E-state index >= 15 is 0 Å². The first-order valence-electron chi connectivity index (χ1n) is 7.41. The molecular formula is C17H20Cl2N2OS. The van der Waals surface area contributed by atoms with E-state index in [0.717, 1.165) is 21.4 Å². The van der Waals surface area contributed by atoms with Gasteiger partial charge in [0.1, 0.15) is 10.9 Å². The van der Waals surface area contributed by atoms with E-state index in [1.54, 1.807) is 17.8 Å². The van der Waals surface area contributed by atoms with Crippen molar-refractivity contribution in [2.75, 3.05) is 6.61 Å². The first kappa shape index (κ1) is 18.4. The van der Waals surface area contributed by atoms with Crippen LogP contribution in [0.5, 0.6) is 0 Å². The van der Waals surface area contributed by atoms with E-state index in [0.29, 0.717) is 23.0 Å². The SMILES string of the molecule is C=CCn1c(CCO)nc(C(C)C)c1Sc1cc(Cl)cc(Cl)c1. The summed E-state index contributed by atoms with van der Waals surface area (Å²) in [4.78, 5) is 5.69. The second kappa shape index (κ2) is 8.25. The third-order valence-corrected chi connectivity index (χ3v) is 4.80. The quantitative estimate of drug-likeness (QED) is 0.681. The fraction of sp³-hybridized carbons (Fsp3) is 0.353. The van der Waals surface area contributed by atoms with Crippen molar-refractivity contribution < 1.29 is 5.11 Å². The van der Waals surface area contributed by atoms with E-state index in [2.05, 4.69) is 25.0 Å². The van der Waals surface area contributed by atoms with Crippen molar-refractivity contribution in [3.05, 3.63) is 52.4 Å². The van der Waals surface area contributed by atoms with Crippen LogP contribution in [0.1, 0.15) is 31.3 Å². The first-order chi connectivity index (χ1) is 11.0. The smallest absolute Gasteiger partial charge is 0.112 e. The largest absolute Gasteiger partial charge is 0.396 e. The van der Waals surface area contributed by atoms with Crippen molar-refractivity contribution in [2.24, 2.45) is 0 Å². The Morgan fingerprint density at radius 3 is 2.48 bits per heavy atom. The van der Waals surface area contributed by atoms with E-state index in [9.17, 15) is 5.11 Å². The minimum atomic E-state index is 0.0682. The van der Waals surface area contributed by atoms with Gasteiger partial charge >= 0.3 is 0 Å². The van der Waals surface area contributed by atoms with Crippen molar-refractivity contribution >= 4 is 35.0 Å². The molecule has 3 nitrogen and oxygen atoms in total. The van der Waals surface area contributed by atoms with E-state index < -0.39 is 0 Å². The molecule has 0 bridgehead atoms. The van der Waals surface area contributed by atoms with Crippen molar-refractivity contribution in [3.8, 4) is 0 Å². The summed E-state index contributed by atoms with van der Waals surface area (Å²) in [6.45, 7) is 8.76. The third-order valence-electron chi connectivity index (χ3n) is 3.27. The highest BCUT2D eigenvalue weighted by atomic mass is 35.5. The topological polar surface area (TPSA) is 38.0 Å². The minimum Gasteiger partial charge on any atom is -0.396 e. The highest BCUT2D eigenvalue weighted by Gasteiger charge is 2.20. The molecule has 0 saturated heterocycles. The molecule has 2 rings (SSSR count). The van der Waals surface area contributed by atoms with E-state index in [1.807, 2.05) is 18.2 Å². The number of aliphatic hydroxyl groups is 1. The molecule has 0 aliphatic carbocycles. The molecule has 0 spiro atoms. The fourth-order valence-electron chi connectivity index (χ4n) is 2.29. The number of allylic oxidation sites excluding steroid dienone is 1. The van der Waals surface area contributed by atoms with E-state index in [-0.39, 0.29) is 12.5 Å². The third kappa shape index (κ3) is 4.54. The molecule has 1 heterocycles. The zero-order chi connectivity index (χ0) is 17.0. The number of nitrogens with zero attached hydrogens (tertiary/aromatic N) is 2. The van der Waals surface area contributed by atoms with Gasteiger partial charge in [0.15, 0.2) is 0 Å². The Balaban J connectivity index is 2.50. The standard InChI is InChI=1S/C17H20Cl2N2OS/c1-4-6-21-15(5-7-22)20-16(11(2)3)17(21)23-14-9-12(18)8-13(19)10-14/h4,8-11,22H,1,5-7H2,2-3H3. The van der Waals surface area contributed by atoms with Crippen LogP contribution in [0.15, 0.2) is 40.8 Å². The number of imidazole rings is 1. The number of halogens is 2. The Kier molecular flexibility index (Phi) is 6.60. The molecule has 1 N–H and O–H groups in total. The van der Waals surface area contributed by atoms with Gasteiger partial charge in [0.2, 0.25) is 0 Å². The lowest BCUT2D eigenvalue weighted by atomic mass is 10.1. The van der Waals surface area contributed by atoms with Crippen LogP contribution in [-0.2, 0) is 13.0 Å². The van der Waals surface area contributed by atoms with Gasteiger partial charge in [0, 0.05) is 27.9 Å². The molecule has 1 aromatic carbocycles. The van der Waals surface area contributed by atoms with Crippen molar-refractivity contribution in [2.45, 2.75) is 42.7 Å². The molecule has 0 radical (unpaired) electrons. The minimum absolute atomic E-state index is 0.0682. The first-order valence-corrected chi connectivity index (χ1v) is 8.98. The van der Waals surface area contributed by atoms with Gasteiger partial charge in [-0.25, -0.2) is 4.98 Å². The van der Waals surface area contributed by atoms with Gasteiger partial charge in [-0.2, -0.15) is 0 Å². The van der Waals surface area contributed by atoms with Crippen LogP contribution in [0.4, 0.5) is 0 Å². The van der Waals surface area contributed by atoms with Gasteiger partial charge < -0.3 is 9.67 Å². The monoisotopic (exact) mass is 370 g/mol. The fourth-order valence-corrected chi connectivity index (χ4v) is 4.22. The van der Waals surface area contributed by atoms with Gasteiger partial charge in [-0.15, -0.1) is 6.58 Å². The van der Waals surface area contributed by atoms with Gasteiger partial charge in [0.05, 0.1) is 12.3 Å². The van der Waals surface area contributed by atoms with Crippen molar-refractivity contribution in [1.82, 2.24) is 9.55 Å². The predicted octanol–water partition coefficient (Wildman–Crippen LogP) is 5.19. The number of hydrogen-bond acceptors (Lipinski definition) is 3. The number of aliphatic hydroxyl groups excluding tert-OH is 1. The summed E-state index contributed by atoms with van der Waals surface area (Å²) in [7, 11) is 0. The average molecular weight is 371 g/mol. The molecule has 0 atom stereocenters. The average Bonchev–Trinajstić information content (AvgIpc) is 2.77. The lowest BCUT2D eigenvalue weighted by Crippen LogP contribution is -2.05. The Bertz CT molecular complexity index is 678. The van der Waals surface area contributed by atoms with Crippen LogP contribution in [0.2, 0.25) is 10.0 Å². The normalized spacial score (nSPS) is 11.2. The summed E-state index contributed by atoms with van der Waals surface area (Å²) >= 11 is 13.8. The summed E-state index contributed by atoms with van der Waals surface area (Å²) in [5, 5.41) is 11.6. The second-order valence-electron chi connectivity index (χ2n) is 5.45. The summed E-state index contributed by atoms with van der Waals surface area (Å²) in [6.07, 6.45) is 2.35. The molecule has 6 heteroatoms. The molecule has 0 aliphatic rings. The second-order valence-corrected chi connectivity index (χ2v) is 7.39. The van der Waals surface area contributed by atoms with Crippen LogP contribution >= 0.6 is 35.0 Å². The maximum absolute atomic E-state index is 9.29. The molecule has 2 aromatic rings. The zero-order valence-corrected chi connectivity index (χ0v) is 15.5. The summed E-state index contributed by atoms with van der Waals surface area (Å²) in [5.41, 5.74) is 1.01. The molecule has 23 heavy (non-hydrogen) atoms. The van der Waals surface area contributed by atoms with Crippen molar-refractivity contribution in [1.29, 1.82) is 0 Å². The predicted molar refractivity (Wildman–Crippen MR) is 97.9 cm³/mol. The summed E-state index contributed by atoms with van der Waals surface area (Å²) in [5.74, 6) is 1.14. The summed E-state index contributed by atoms with van der Waals surface area (Å²) in [6, 6.07) is 5.49. The molecule has 1 aromatic heterocycles. The zero-order valence-electron chi connectivity index (χ0n) is 13.2. The molecule has 0 saturated carbocycles. The molecule has 124 valence electrons. The Morgan fingerprint density at radius 1 is 1.30 bits per heavy atom. The molecule has 0 fully saturated rings. The molecule has 0 unspecified atom stereocenters. The highest BCUT2D eigenvalue weighted by molar-refractivity contribution is 7.99. The van der Waals surface area contributed by atoms with Gasteiger partial charge in [-0.3, -0.25) is 0 Å². The Hall–Kier alpha value is -0.940. The lowest BCUT2D eigenvalue weighted by Gasteiger charge is -2.12. The van der Waals surface area contributed by atoms with Crippen molar-refractivity contribution in [3.63, 3.8) is 0 Å². The maximum Gasteiger partial charge on any atom is 0.112 e. The van der Waals surface area contributed by atoms with Crippen LogP contribution in [-0.4, -0.2) is 21.3 Å². The highest BCUT2D eigenvalue weighted by Crippen LogP contribution is 2.37. The van der Waals surface area contributed by atoms with Crippen LogP contribution in [0.3, 0.4) is 0 Å². The van der Waals surface area contributed by atoms with Gasteiger partial charge in [-0.1, -0.05) is 54.9 Å². The van der Waals surface area contributed by atoms with Crippen LogP contribution < -0.4 is 0 Å². The number of hydrogen-bond donors (Lipinski definition) is 1. The van der Waals surface area contributed by atoms with Gasteiger partial charge in [0.25, 0.3) is 0 Å². The van der Waals surface area contributed by atoms with E-state index in [4.69, 9.17) is 28.2 Å². The van der Waals surface area contributed by atoms with Gasteiger partial charge in [-0.05, 0) is 24.1 Å². The van der Waals surface area contributed by atoms with Crippen LogP contribution in [0.25, 0.3) is 0 Å². The number of benzene rings is 1.